The predicted molar refractivity (Wildman–Crippen MR) is 69.0 cm³/mol. The van der Waals surface area contributed by atoms with E-state index < -0.39 is 11.9 Å². The van der Waals surface area contributed by atoms with Crippen molar-refractivity contribution in [2.24, 2.45) is 0 Å². The highest BCUT2D eigenvalue weighted by molar-refractivity contribution is 6.45. The number of ketones is 1. The van der Waals surface area contributed by atoms with E-state index in [1.165, 1.54) is 6.26 Å². The number of carbonyl (C=O) groups is 2. The van der Waals surface area contributed by atoms with Crippen LogP contribution in [0.4, 0.5) is 0 Å². The van der Waals surface area contributed by atoms with Crippen LogP contribution in [0.2, 0.25) is 0 Å². The summed E-state index contributed by atoms with van der Waals surface area (Å²) in [6.45, 7) is 3.49. The van der Waals surface area contributed by atoms with Gasteiger partial charge in [0.25, 0.3) is 0 Å². The Morgan fingerprint density at radius 1 is 1.60 bits per heavy atom. The van der Waals surface area contributed by atoms with Crippen molar-refractivity contribution in [1.82, 2.24) is 0 Å². The monoisotopic (exact) mass is 274 g/mol. The number of hydrogen-bond acceptors (Lipinski definition) is 4. The zero-order chi connectivity index (χ0) is 14.7. The second-order valence-corrected chi connectivity index (χ2v) is 4.40. The average molecular weight is 274 g/mol. The summed E-state index contributed by atoms with van der Waals surface area (Å²) in [5.74, 6) is -0.862. The first kappa shape index (κ1) is 14.0. The van der Waals surface area contributed by atoms with E-state index in [1.54, 1.807) is 26.0 Å². The van der Waals surface area contributed by atoms with Gasteiger partial charge in [-0.1, -0.05) is 0 Å². The van der Waals surface area contributed by atoms with Gasteiger partial charge in [0.05, 0.1) is 29.9 Å². The molecule has 0 amide bonds. The van der Waals surface area contributed by atoms with Crippen LogP contribution in [0.3, 0.4) is 0 Å². The van der Waals surface area contributed by atoms with Gasteiger partial charge in [0, 0.05) is 6.42 Å². The van der Waals surface area contributed by atoms with Gasteiger partial charge >= 0.3 is 11.7 Å². The SMILES string of the molecule is CCOC(=O)C1=C(C)C(=[N+]=[N-])C(=O)CC1c1ccco1. The number of esters is 1. The summed E-state index contributed by atoms with van der Waals surface area (Å²) in [6.07, 6.45) is 1.49. The molecule has 1 atom stereocenters. The van der Waals surface area contributed by atoms with Crippen LogP contribution in [0.15, 0.2) is 34.0 Å². The Morgan fingerprint density at radius 3 is 2.90 bits per heavy atom. The van der Waals surface area contributed by atoms with Gasteiger partial charge in [-0.3, -0.25) is 4.79 Å². The van der Waals surface area contributed by atoms with Crippen molar-refractivity contribution in [2.45, 2.75) is 26.2 Å². The minimum atomic E-state index is -0.528. The molecule has 6 nitrogen and oxygen atoms in total. The van der Waals surface area contributed by atoms with Gasteiger partial charge in [-0.25, -0.2) is 4.79 Å². The predicted octanol–water partition coefficient (Wildman–Crippen LogP) is 1.89. The second kappa shape index (κ2) is 5.67. The molecular weight excluding hydrogens is 260 g/mol. The number of ether oxygens (including phenoxy) is 1. The second-order valence-electron chi connectivity index (χ2n) is 4.40. The molecule has 1 aliphatic rings. The molecule has 0 bridgehead atoms. The molecule has 0 radical (unpaired) electrons. The number of nitrogens with zero attached hydrogens (tertiary/aromatic N) is 2. The molecule has 1 aromatic heterocycles. The van der Waals surface area contributed by atoms with E-state index in [9.17, 15) is 9.59 Å². The molecule has 0 N–H and O–H groups in total. The zero-order valence-electron chi connectivity index (χ0n) is 11.3. The van der Waals surface area contributed by atoms with E-state index in [0.29, 0.717) is 16.9 Å². The van der Waals surface area contributed by atoms with E-state index in [1.807, 2.05) is 0 Å². The van der Waals surface area contributed by atoms with Gasteiger partial charge in [0.15, 0.2) is 0 Å². The first-order chi connectivity index (χ1) is 9.60. The zero-order valence-corrected chi connectivity index (χ0v) is 11.3. The lowest BCUT2D eigenvalue weighted by molar-refractivity contribution is -0.139. The third kappa shape index (κ3) is 2.33. The van der Waals surface area contributed by atoms with Crippen molar-refractivity contribution in [3.05, 3.63) is 40.8 Å². The Kier molecular flexibility index (Phi) is 3.96. The molecule has 1 unspecified atom stereocenters. The molecule has 0 saturated carbocycles. The number of hydrogen-bond donors (Lipinski definition) is 0. The van der Waals surface area contributed by atoms with Gasteiger partial charge in [0.1, 0.15) is 5.76 Å². The van der Waals surface area contributed by atoms with Gasteiger partial charge < -0.3 is 14.7 Å². The van der Waals surface area contributed by atoms with Gasteiger partial charge in [0.2, 0.25) is 5.78 Å². The van der Waals surface area contributed by atoms with Gasteiger partial charge in [-0.05, 0) is 26.0 Å². The van der Waals surface area contributed by atoms with E-state index in [0.717, 1.165) is 0 Å². The fourth-order valence-corrected chi connectivity index (χ4v) is 2.35. The number of Topliss-reactive ketones (excluding diaryl/α,β-unsaturated/α-hetero) is 1. The lowest BCUT2D eigenvalue weighted by Gasteiger charge is -2.21. The standard InChI is InChI=1S/C14H14N2O4/c1-3-19-14(18)12-8(2)13(16-15)10(17)7-9(12)11-5-4-6-20-11/h4-6,9H,3,7H2,1-2H3. The van der Waals surface area contributed by atoms with Crippen LogP contribution in [-0.4, -0.2) is 28.9 Å². The summed E-state index contributed by atoms with van der Waals surface area (Å²) in [6, 6.07) is 3.39. The maximum absolute atomic E-state index is 12.1. The Bertz CT molecular complexity index is 622. The molecule has 1 heterocycles. The highest BCUT2D eigenvalue weighted by Crippen LogP contribution is 2.35. The molecule has 0 saturated heterocycles. The Balaban J connectivity index is 2.56. The molecule has 1 aromatic rings. The molecular formula is C14H14N2O4. The van der Waals surface area contributed by atoms with Crippen LogP contribution in [0.25, 0.3) is 5.53 Å². The molecule has 0 aromatic carbocycles. The normalized spacial score (nSPS) is 19.0. The van der Waals surface area contributed by atoms with Crippen LogP contribution >= 0.6 is 0 Å². The molecule has 0 fully saturated rings. The molecule has 0 aliphatic heterocycles. The van der Waals surface area contributed by atoms with Crippen molar-refractivity contribution >= 4 is 17.5 Å². The van der Waals surface area contributed by atoms with Crippen molar-refractivity contribution in [3.8, 4) is 0 Å². The van der Waals surface area contributed by atoms with Crippen molar-refractivity contribution in [3.63, 3.8) is 0 Å². The van der Waals surface area contributed by atoms with E-state index in [2.05, 4.69) is 4.79 Å². The van der Waals surface area contributed by atoms with Crippen LogP contribution in [0, 0.1) is 0 Å². The van der Waals surface area contributed by atoms with Crippen LogP contribution < -0.4 is 0 Å². The lowest BCUT2D eigenvalue weighted by atomic mass is 9.80. The molecule has 104 valence electrons. The average Bonchev–Trinajstić information content (AvgIpc) is 2.92. The Labute approximate surface area is 115 Å². The lowest BCUT2D eigenvalue weighted by Crippen LogP contribution is -2.31. The largest absolute Gasteiger partial charge is 0.469 e. The number of carbonyl (C=O) groups excluding carboxylic acids is 2. The molecule has 6 heteroatoms. The summed E-state index contributed by atoms with van der Waals surface area (Å²) < 4.78 is 10.3. The molecule has 1 aliphatic carbocycles. The van der Waals surface area contributed by atoms with Crippen LogP contribution in [0.5, 0.6) is 0 Å². The molecule has 0 spiro atoms. The fourth-order valence-electron chi connectivity index (χ4n) is 2.35. The minimum absolute atomic E-state index is 0.0123. The maximum Gasteiger partial charge on any atom is 0.361 e. The first-order valence-corrected chi connectivity index (χ1v) is 6.27. The highest BCUT2D eigenvalue weighted by atomic mass is 16.5. The van der Waals surface area contributed by atoms with Crippen LogP contribution in [0.1, 0.15) is 31.9 Å². The summed E-state index contributed by atoms with van der Waals surface area (Å²) in [5.41, 5.74) is 9.46. The first-order valence-electron chi connectivity index (χ1n) is 6.27. The summed E-state index contributed by atoms with van der Waals surface area (Å²) in [5, 5.41) is 0. The van der Waals surface area contributed by atoms with E-state index in [4.69, 9.17) is 14.7 Å². The third-order valence-corrected chi connectivity index (χ3v) is 3.24. The topological polar surface area (TPSA) is 92.9 Å². The highest BCUT2D eigenvalue weighted by Gasteiger charge is 2.41. The van der Waals surface area contributed by atoms with Gasteiger partial charge in [-0.15, -0.1) is 0 Å². The summed E-state index contributed by atoms with van der Waals surface area (Å²) >= 11 is 0. The summed E-state index contributed by atoms with van der Waals surface area (Å²) in [4.78, 5) is 27.1. The molecule has 20 heavy (non-hydrogen) atoms. The number of rotatable bonds is 3. The maximum atomic E-state index is 12.1. The van der Waals surface area contributed by atoms with E-state index >= 15 is 0 Å². The van der Waals surface area contributed by atoms with Crippen molar-refractivity contribution in [1.29, 1.82) is 0 Å². The van der Waals surface area contributed by atoms with Gasteiger partial charge in [-0.2, -0.15) is 4.79 Å². The van der Waals surface area contributed by atoms with E-state index in [-0.39, 0.29) is 24.5 Å². The third-order valence-electron chi connectivity index (χ3n) is 3.24. The quantitative estimate of drug-likeness (QED) is 0.478. The Morgan fingerprint density at radius 2 is 2.35 bits per heavy atom. The minimum Gasteiger partial charge on any atom is -0.469 e. The Hall–Kier alpha value is -2.46. The molecule has 2 rings (SSSR count). The number of allylic oxidation sites excluding steroid dienone is 1. The summed E-state index contributed by atoms with van der Waals surface area (Å²) in [7, 11) is 0. The van der Waals surface area contributed by atoms with Crippen LogP contribution in [-0.2, 0) is 14.3 Å². The smallest absolute Gasteiger partial charge is 0.361 e. The number of furan rings is 1. The van der Waals surface area contributed by atoms with Crippen molar-refractivity contribution < 1.29 is 23.5 Å². The fraction of sp³-hybridized carbons (Fsp3) is 0.357. The van der Waals surface area contributed by atoms with Crippen molar-refractivity contribution in [2.75, 3.05) is 6.61 Å².